The second-order valence-electron chi connectivity index (χ2n) is 9.58. The Morgan fingerprint density at radius 3 is 2.45 bits per heavy atom. The van der Waals surface area contributed by atoms with Crippen LogP contribution in [-0.4, -0.2) is 69.6 Å². The van der Waals surface area contributed by atoms with Gasteiger partial charge in [-0.25, -0.2) is 4.39 Å². The molecule has 1 unspecified atom stereocenters. The first-order valence-corrected chi connectivity index (χ1v) is 14.6. The van der Waals surface area contributed by atoms with Crippen molar-refractivity contribution in [3.8, 4) is 0 Å². The standard InChI is InChI=1S/C28H26F3N5O3S/c1-40(39)13-11-36(12-14-40)25-22(29)26(31)35-27(23(25)30)32-16-18(37)15-21-28(38)34-20-10-6-5-9-19(20)24(33-21)17-7-3-2-4-8-17/h2-10,21H,1,11-16H2,(H,32,35)(H,34,38). The fourth-order valence-corrected chi connectivity index (χ4v) is 5.93. The van der Waals surface area contributed by atoms with Crippen LogP contribution in [0.1, 0.15) is 17.5 Å². The van der Waals surface area contributed by atoms with Gasteiger partial charge in [-0.2, -0.15) is 13.8 Å². The molecule has 40 heavy (non-hydrogen) atoms. The van der Waals surface area contributed by atoms with E-state index in [-0.39, 0.29) is 31.0 Å². The van der Waals surface area contributed by atoms with E-state index in [1.807, 2.05) is 42.5 Å². The number of para-hydroxylation sites is 1. The monoisotopic (exact) mass is 569 g/mol. The molecule has 1 atom stereocenters. The van der Waals surface area contributed by atoms with Crippen molar-refractivity contribution in [2.24, 2.45) is 4.99 Å². The number of aliphatic imine (C=N–C) groups is 1. The van der Waals surface area contributed by atoms with Gasteiger partial charge in [-0.15, -0.1) is 0 Å². The van der Waals surface area contributed by atoms with E-state index in [1.165, 1.54) is 4.90 Å². The smallest absolute Gasteiger partial charge is 0.253 e. The lowest BCUT2D eigenvalue weighted by atomic mass is 10.0. The topological polar surface area (TPSA) is 104 Å². The van der Waals surface area contributed by atoms with Gasteiger partial charge in [0.1, 0.15) is 11.7 Å². The summed E-state index contributed by atoms with van der Waals surface area (Å²) in [5.74, 6) is -2.00. The van der Waals surface area contributed by atoms with Crippen LogP contribution in [0.25, 0.3) is 0 Å². The number of anilines is 3. The molecule has 0 radical (unpaired) electrons. The number of Topliss-reactive ketones (excluding diaryl/α,β-unsaturated/α-hetero) is 1. The Morgan fingerprint density at radius 1 is 1.05 bits per heavy atom. The van der Waals surface area contributed by atoms with Gasteiger partial charge < -0.3 is 15.5 Å². The molecule has 3 aromatic rings. The highest BCUT2D eigenvalue weighted by atomic mass is 32.2. The van der Waals surface area contributed by atoms with Gasteiger partial charge in [0.25, 0.3) is 5.95 Å². The van der Waals surface area contributed by atoms with E-state index in [4.69, 9.17) is 0 Å². The first kappa shape index (κ1) is 27.4. The molecule has 12 heteroatoms. The quantitative estimate of drug-likeness (QED) is 0.335. The molecule has 1 saturated heterocycles. The van der Waals surface area contributed by atoms with Gasteiger partial charge in [0.2, 0.25) is 11.7 Å². The summed E-state index contributed by atoms with van der Waals surface area (Å²) in [6.45, 7) is -0.452. The summed E-state index contributed by atoms with van der Waals surface area (Å²) in [6.07, 6.45) is -0.328. The normalized spacial score (nSPS) is 18.3. The maximum atomic E-state index is 15.2. The number of nitrogens with one attached hydrogen (secondary N) is 2. The number of pyridine rings is 1. The highest BCUT2D eigenvalue weighted by Crippen LogP contribution is 2.30. The second kappa shape index (κ2) is 11.1. The number of fused-ring (bicyclic) bond motifs is 1. The van der Waals surface area contributed by atoms with Gasteiger partial charge in [0.05, 0.1) is 17.9 Å². The summed E-state index contributed by atoms with van der Waals surface area (Å²) in [4.78, 5) is 35.1. The van der Waals surface area contributed by atoms with Crippen LogP contribution in [0.4, 0.5) is 30.4 Å². The van der Waals surface area contributed by atoms with Crippen molar-refractivity contribution in [3.63, 3.8) is 0 Å². The van der Waals surface area contributed by atoms with Crippen molar-refractivity contribution in [1.82, 2.24) is 4.98 Å². The molecular formula is C28H26F3N5O3S. The van der Waals surface area contributed by atoms with E-state index in [9.17, 15) is 22.6 Å². The molecule has 0 saturated carbocycles. The first-order valence-electron chi connectivity index (χ1n) is 12.5. The van der Waals surface area contributed by atoms with Crippen LogP contribution >= 0.6 is 0 Å². The molecule has 1 amide bonds. The maximum absolute atomic E-state index is 15.2. The molecular weight excluding hydrogens is 543 g/mol. The predicted molar refractivity (Wildman–Crippen MR) is 150 cm³/mol. The van der Waals surface area contributed by atoms with E-state index < -0.39 is 62.9 Å². The highest BCUT2D eigenvalue weighted by molar-refractivity contribution is 8.00. The maximum Gasteiger partial charge on any atom is 0.253 e. The molecule has 0 aliphatic carbocycles. The highest BCUT2D eigenvalue weighted by Gasteiger charge is 2.30. The third-order valence-electron chi connectivity index (χ3n) is 6.75. The Kier molecular flexibility index (Phi) is 7.61. The van der Waals surface area contributed by atoms with Crippen molar-refractivity contribution in [2.75, 3.05) is 46.7 Å². The average Bonchev–Trinajstić information content (AvgIpc) is 3.07. The van der Waals surface area contributed by atoms with Gasteiger partial charge in [-0.1, -0.05) is 48.5 Å². The minimum atomic E-state index is -2.35. The summed E-state index contributed by atoms with van der Waals surface area (Å²) in [6, 6.07) is 15.3. The number of carbonyl (C=O) groups excluding carboxylic acids is 2. The van der Waals surface area contributed by atoms with E-state index in [0.717, 1.165) is 5.56 Å². The molecule has 1 aromatic heterocycles. The van der Waals surface area contributed by atoms with Crippen LogP contribution in [0.3, 0.4) is 0 Å². The fourth-order valence-electron chi connectivity index (χ4n) is 4.62. The Morgan fingerprint density at radius 2 is 1.73 bits per heavy atom. The third-order valence-corrected chi connectivity index (χ3v) is 8.60. The lowest BCUT2D eigenvalue weighted by Crippen LogP contribution is -2.41. The van der Waals surface area contributed by atoms with Crippen molar-refractivity contribution in [2.45, 2.75) is 12.5 Å². The number of aromatic nitrogens is 1. The number of carbonyl (C=O) groups is 2. The number of ketones is 1. The van der Waals surface area contributed by atoms with Gasteiger partial charge in [-0.3, -0.25) is 18.8 Å². The van der Waals surface area contributed by atoms with Gasteiger partial charge in [0.15, 0.2) is 17.4 Å². The Balaban J connectivity index is 1.34. The SMILES string of the molecule is C=S1(=O)CCN(c2c(F)c(F)nc(NCC(=O)CC3N=C(c4ccccc4)c4ccccc4NC3=O)c2F)CC1. The third kappa shape index (κ3) is 5.71. The first-order chi connectivity index (χ1) is 19.1. The number of nitrogens with zero attached hydrogens (tertiary/aromatic N) is 3. The summed E-state index contributed by atoms with van der Waals surface area (Å²) < 4.78 is 56.2. The summed E-state index contributed by atoms with van der Waals surface area (Å²) in [5, 5.41) is 5.24. The molecule has 3 heterocycles. The molecule has 0 spiro atoms. The molecule has 8 nitrogen and oxygen atoms in total. The molecule has 1 fully saturated rings. The number of benzodiazepines with no additional fused rings is 1. The summed E-state index contributed by atoms with van der Waals surface area (Å²) >= 11 is 0. The molecule has 2 aromatic carbocycles. The van der Waals surface area contributed by atoms with Crippen molar-refractivity contribution in [1.29, 1.82) is 0 Å². The largest absolute Gasteiger partial charge is 0.365 e. The second-order valence-corrected chi connectivity index (χ2v) is 12.3. The van der Waals surface area contributed by atoms with Crippen LogP contribution in [0.2, 0.25) is 0 Å². The Hall–Kier alpha value is -4.19. The number of amides is 1. The minimum Gasteiger partial charge on any atom is -0.365 e. The van der Waals surface area contributed by atoms with Crippen LogP contribution < -0.4 is 15.5 Å². The number of hydrogen-bond acceptors (Lipinski definition) is 7. The predicted octanol–water partition coefficient (Wildman–Crippen LogP) is 3.26. The number of rotatable bonds is 7. The zero-order chi connectivity index (χ0) is 28.4. The van der Waals surface area contributed by atoms with Crippen molar-refractivity contribution >= 4 is 50.0 Å². The van der Waals surface area contributed by atoms with Gasteiger partial charge in [-0.05, 0) is 21.5 Å². The zero-order valence-corrected chi connectivity index (χ0v) is 22.1. The van der Waals surface area contributed by atoms with Gasteiger partial charge in [0, 0.05) is 42.1 Å². The summed E-state index contributed by atoms with van der Waals surface area (Å²) in [7, 11) is -2.35. The number of benzene rings is 2. The molecule has 2 N–H and O–H groups in total. The minimum absolute atomic E-state index is 0.0267. The Labute approximate surface area is 229 Å². The van der Waals surface area contributed by atoms with E-state index in [2.05, 4.69) is 26.5 Å². The average molecular weight is 570 g/mol. The van der Waals surface area contributed by atoms with E-state index in [0.29, 0.717) is 17.0 Å². The van der Waals surface area contributed by atoms with Crippen molar-refractivity contribution in [3.05, 3.63) is 83.3 Å². The molecule has 208 valence electrons. The van der Waals surface area contributed by atoms with E-state index >= 15 is 4.39 Å². The molecule has 0 bridgehead atoms. The number of halogens is 3. The van der Waals surface area contributed by atoms with Crippen LogP contribution in [0.5, 0.6) is 0 Å². The van der Waals surface area contributed by atoms with Crippen LogP contribution in [0.15, 0.2) is 59.6 Å². The lowest BCUT2D eigenvalue weighted by molar-refractivity contribution is -0.122. The molecule has 2 aliphatic heterocycles. The van der Waals surface area contributed by atoms with Crippen LogP contribution in [-0.2, 0) is 19.1 Å². The lowest BCUT2D eigenvalue weighted by Gasteiger charge is -2.31. The van der Waals surface area contributed by atoms with Crippen LogP contribution in [0, 0.1) is 17.6 Å². The zero-order valence-electron chi connectivity index (χ0n) is 21.3. The molecule has 2 aliphatic rings. The molecule has 5 rings (SSSR count). The number of hydrogen-bond donors (Lipinski definition) is 2. The summed E-state index contributed by atoms with van der Waals surface area (Å²) in [5.41, 5.74) is 1.90. The fraction of sp³-hybridized carbons (Fsp3) is 0.250. The Bertz CT molecular complexity index is 1600. The van der Waals surface area contributed by atoms with E-state index in [1.54, 1.807) is 12.1 Å². The van der Waals surface area contributed by atoms with Gasteiger partial charge >= 0.3 is 0 Å². The van der Waals surface area contributed by atoms with Crippen molar-refractivity contribution < 1.29 is 27.0 Å².